The van der Waals surface area contributed by atoms with E-state index in [2.05, 4.69) is 23.8 Å². The molecule has 2 rings (SSSR count). The summed E-state index contributed by atoms with van der Waals surface area (Å²) in [5.41, 5.74) is 1.53. The van der Waals surface area contributed by atoms with Gasteiger partial charge in [0.2, 0.25) is 0 Å². The first kappa shape index (κ1) is 15.4. The molecule has 2 atom stereocenters. The number of hydrogen-bond acceptors (Lipinski definition) is 5. The number of carbonyl (C=O) groups excluding carboxylic acids is 1. The molecule has 1 aliphatic heterocycles. The van der Waals surface area contributed by atoms with Gasteiger partial charge < -0.3 is 4.74 Å². The molecule has 0 aliphatic carbocycles. The number of aryl methyl sites for hydroxylation is 1. The van der Waals surface area contributed by atoms with Crippen LogP contribution in [0.2, 0.25) is 0 Å². The molecule has 1 fully saturated rings. The van der Waals surface area contributed by atoms with Gasteiger partial charge in [-0.3, -0.25) is 9.58 Å². The smallest absolute Gasteiger partial charge is 0.341 e. The van der Waals surface area contributed by atoms with Gasteiger partial charge in [-0.15, -0.1) is 0 Å². The number of esters is 1. The van der Waals surface area contributed by atoms with Gasteiger partial charge in [-0.05, 0) is 6.92 Å². The highest BCUT2D eigenvalue weighted by Crippen LogP contribution is 2.26. The molecule has 5 nitrogen and oxygen atoms in total. The lowest BCUT2D eigenvalue weighted by Gasteiger charge is -2.34. The zero-order valence-electron chi connectivity index (χ0n) is 12.6. The Labute approximate surface area is 124 Å². The molecular formula is C14H23N3O2S. The molecule has 0 saturated carbocycles. The molecule has 1 aliphatic rings. The predicted molar refractivity (Wildman–Crippen MR) is 81.0 cm³/mol. The van der Waals surface area contributed by atoms with Gasteiger partial charge in [0.15, 0.2) is 0 Å². The first-order valence-corrected chi connectivity index (χ1v) is 8.01. The minimum absolute atomic E-state index is 0.275. The molecular weight excluding hydrogens is 274 g/mol. The maximum absolute atomic E-state index is 12.0. The third-order valence-corrected chi connectivity index (χ3v) is 4.65. The van der Waals surface area contributed by atoms with E-state index in [1.165, 1.54) is 0 Å². The number of rotatable bonds is 4. The average molecular weight is 297 g/mol. The van der Waals surface area contributed by atoms with E-state index in [1.807, 2.05) is 25.7 Å². The van der Waals surface area contributed by atoms with E-state index >= 15 is 0 Å². The molecule has 20 heavy (non-hydrogen) atoms. The number of ether oxygens (including phenoxy) is 1. The van der Waals surface area contributed by atoms with Gasteiger partial charge in [-0.2, -0.15) is 16.9 Å². The summed E-state index contributed by atoms with van der Waals surface area (Å²) in [6, 6.07) is 0. The molecule has 2 heterocycles. The summed E-state index contributed by atoms with van der Waals surface area (Å²) < 4.78 is 6.88. The minimum atomic E-state index is -0.275. The van der Waals surface area contributed by atoms with Crippen molar-refractivity contribution in [3.63, 3.8) is 0 Å². The van der Waals surface area contributed by atoms with E-state index in [-0.39, 0.29) is 5.97 Å². The zero-order valence-corrected chi connectivity index (χ0v) is 13.4. The van der Waals surface area contributed by atoms with Crippen molar-refractivity contribution in [2.45, 2.75) is 37.8 Å². The van der Waals surface area contributed by atoms with Crippen molar-refractivity contribution in [2.75, 3.05) is 19.7 Å². The Bertz CT molecular complexity index is 465. The van der Waals surface area contributed by atoms with Crippen LogP contribution in [-0.4, -0.2) is 50.8 Å². The second kappa shape index (κ2) is 6.63. The van der Waals surface area contributed by atoms with Crippen molar-refractivity contribution >= 4 is 17.7 Å². The summed E-state index contributed by atoms with van der Waals surface area (Å²) in [5.74, 6) is -0.275. The van der Waals surface area contributed by atoms with Gasteiger partial charge in [0, 0.05) is 37.2 Å². The first-order chi connectivity index (χ1) is 9.51. The number of aromatic nitrogens is 2. The molecule has 112 valence electrons. The Morgan fingerprint density at radius 1 is 1.45 bits per heavy atom. The molecule has 1 aromatic heterocycles. The van der Waals surface area contributed by atoms with Crippen molar-refractivity contribution in [1.29, 1.82) is 0 Å². The summed E-state index contributed by atoms with van der Waals surface area (Å²) >= 11 is 2.02. The number of nitrogens with zero attached hydrogens (tertiary/aromatic N) is 3. The minimum Gasteiger partial charge on any atom is -0.462 e. The lowest BCUT2D eigenvalue weighted by molar-refractivity contribution is 0.0523. The van der Waals surface area contributed by atoms with Gasteiger partial charge in [0.25, 0.3) is 0 Å². The fourth-order valence-electron chi connectivity index (χ4n) is 2.66. The molecule has 0 spiro atoms. The third-order valence-electron chi connectivity index (χ3n) is 3.43. The Hall–Kier alpha value is -1.01. The van der Waals surface area contributed by atoms with E-state index < -0.39 is 0 Å². The topological polar surface area (TPSA) is 47.4 Å². The van der Waals surface area contributed by atoms with Crippen molar-refractivity contribution in [2.24, 2.45) is 7.05 Å². The largest absolute Gasteiger partial charge is 0.462 e. The van der Waals surface area contributed by atoms with Crippen LogP contribution >= 0.6 is 11.8 Å². The molecule has 0 amide bonds. The number of carbonyl (C=O) groups is 1. The monoisotopic (exact) mass is 297 g/mol. The van der Waals surface area contributed by atoms with Crippen LogP contribution < -0.4 is 0 Å². The van der Waals surface area contributed by atoms with Gasteiger partial charge >= 0.3 is 5.97 Å². The summed E-state index contributed by atoms with van der Waals surface area (Å²) in [6.07, 6.45) is 1.61. The predicted octanol–water partition coefficient (Wildman–Crippen LogP) is 1.92. The molecule has 1 saturated heterocycles. The van der Waals surface area contributed by atoms with Crippen molar-refractivity contribution in [3.05, 3.63) is 17.5 Å². The fourth-order valence-corrected chi connectivity index (χ4v) is 4.04. The van der Waals surface area contributed by atoms with E-state index in [0.717, 1.165) is 25.3 Å². The third kappa shape index (κ3) is 3.55. The van der Waals surface area contributed by atoms with Gasteiger partial charge in [-0.25, -0.2) is 4.79 Å². The highest BCUT2D eigenvalue weighted by Gasteiger charge is 2.25. The Morgan fingerprint density at radius 3 is 2.70 bits per heavy atom. The molecule has 0 aromatic carbocycles. The van der Waals surface area contributed by atoms with Gasteiger partial charge in [0.1, 0.15) is 5.56 Å². The van der Waals surface area contributed by atoms with Gasteiger partial charge in [0.05, 0.1) is 18.5 Å². The quantitative estimate of drug-likeness (QED) is 0.795. The maximum atomic E-state index is 12.0. The fraction of sp³-hybridized carbons (Fsp3) is 0.714. The van der Waals surface area contributed by atoms with E-state index in [1.54, 1.807) is 10.9 Å². The van der Waals surface area contributed by atoms with Crippen LogP contribution in [0.5, 0.6) is 0 Å². The van der Waals surface area contributed by atoms with E-state index in [4.69, 9.17) is 4.74 Å². The van der Waals surface area contributed by atoms with E-state index in [9.17, 15) is 4.79 Å². The standard InChI is InChI=1S/C14H23N3O2S/c1-5-19-14(18)12-6-15-16(4)13(12)9-17-7-10(2)20-11(3)8-17/h6,10-11H,5,7-9H2,1-4H3. The van der Waals surface area contributed by atoms with Crippen LogP contribution in [0.3, 0.4) is 0 Å². The Balaban J connectivity index is 2.12. The van der Waals surface area contributed by atoms with Crippen molar-refractivity contribution in [3.8, 4) is 0 Å². The highest BCUT2D eigenvalue weighted by molar-refractivity contribution is 8.00. The molecule has 1 aromatic rings. The van der Waals surface area contributed by atoms with Crippen LogP contribution in [-0.2, 0) is 18.3 Å². The van der Waals surface area contributed by atoms with Gasteiger partial charge in [-0.1, -0.05) is 13.8 Å². The van der Waals surface area contributed by atoms with E-state index in [0.29, 0.717) is 22.7 Å². The van der Waals surface area contributed by atoms with Crippen LogP contribution in [0.15, 0.2) is 6.20 Å². The summed E-state index contributed by atoms with van der Waals surface area (Å²) in [4.78, 5) is 14.3. The molecule has 2 unspecified atom stereocenters. The number of thioether (sulfide) groups is 1. The van der Waals surface area contributed by atoms with Crippen LogP contribution in [0.25, 0.3) is 0 Å². The lowest BCUT2D eigenvalue weighted by Crippen LogP contribution is -2.40. The molecule has 0 bridgehead atoms. The highest BCUT2D eigenvalue weighted by atomic mass is 32.2. The molecule has 0 N–H and O–H groups in total. The summed E-state index contributed by atoms with van der Waals surface area (Å²) in [6.45, 7) is 9.55. The Kier molecular flexibility index (Phi) is 5.10. The normalized spacial score (nSPS) is 23.8. The maximum Gasteiger partial charge on any atom is 0.341 e. The van der Waals surface area contributed by atoms with Crippen LogP contribution in [0, 0.1) is 0 Å². The van der Waals surface area contributed by atoms with Crippen LogP contribution in [0.1, 0.15) is 36.8 Å². The SMILES string of the molecule is CCOC(=O)c1cnn(C)c1CN1CC(C)SC(C)C1. The second-order valence-corrected chi connectivity index (χ2v) is 7.18. The second-order valence-electron chi connectivity index (χ2n) is 5.30. The Morgan fingerprint density at radius 2 is 2.10 bits per heavy atom. The first-order valence-electron chi connectivity index (χ1n) is 7.07. The van der Waals surface area contributed by atoms with Crippen molar-refractivity contribution < 1.29 is 9.53 Å². The molecule has 6 heteroatoms. The zero-order chi connectivity index (χ0) is 14.7. The summed E-state index contributed by atoms with van der Waals surface area (Å²) in [5, 5.41) is 5.45. The lowest BCUT2D eigenvalue weighted by atomic mass is 10.2. The molecule has 0 radical (unpaired) electrons. The van der Waals surface area contributed by atoms with Crippen LogP contribution in [0.4, 0.5) is 0 Å². The number of hydrogen-bond donors (Lipinski definition) is 0. The summed E-state index contributed by atoms with van der Waals surface area (Å²) in [7, 11) is 1.88. The van der Waals surface area contributed by atoms with Crippen molar-refractivity contribution in [1.82, 2.24) is 14.7 Å². The average Bonchev–Trinajstić information content (AvgIpc) is 2.70.